The Morgan fingerprint density at radius 3 is 2.68 bits per heavy atom. The van der Waals surface area contributed by atoms with E-state index < -0.39 is 0 Å². The third-order valence-corrected chi connectivity index (χ3v) is 4.27. The minimum absolute atomic E-state index is 0.782. The van der Waals surface area contributed by atoms with Gasteiger partial charge in [0, 0.05) is 12.4 Å². The minimum Gasteiger partial charge on any atom is -0.463 e. The molecule has 0 atom stereocenters. The predicted molar refractivity (Wildman–Crippen MR) is 90.3 cm³/mol. The fourth-order valence-corrected chi connectivity index (χ4v) is 2.90. The second kappa shape index (κ2) is 6.58. The molecule has 2 heterocycles. The number of hydrogen-bond acceptors (Lipinski definition) is 4. The van der Waals surface area contributed by atoms with E-state index in [1.54, 1.807) is 18.0 Å². The molecule has 0 amide bonds. The van der Waals surface area contributed by atoms with Crippen molar-refractivity contribution in [2.24, 2.45) is 10.1 Å². The Labute approximate surface area is 133 Å². The van der Waals surface area contributed by atoms with E-state index >= 15 is 0 Å². The molecule has 0 bridgehead atoms. The van der Waals surface area contributed by atoms with Crippen molar-refractivity contribution in [3.63, 3.8) is 0 Å². The Balaban J connectivity index is 1.97. The molecule has 0 radical (unpaired) electrons. The van der Waals surface area contributed by atoms with Gasteiger partial charge in [-0.15, -0.1) is 11.3 Å². The zero-order valence-electron chi connectivity index (χ0n) is 12.6. The lowest BCUT2D eigenvalue weighted by molar-refractivity contribution is 0.575. The average Bonchev–Trinajstić information content (AvgIpc) is 3.22. The summed E-state index contributed by atoms with van der Waals surface area (Å²) in [6.07, 6.45) is 4.54. The highest BCUT2D eigenvalue weighted by Gasteiger charge is 2.09. The van der Waals surface area contributed by atoms with Crippen molar-refractivity contribution in [3.05, 3.63) is 64.0 Å². The molecule has 0 unspecified atom stereocenters. The van der Waals surface area contributed by atoms with Crippen molar-refractivity contribution in [1.82, 2.24) is 4.68 Å². The van der Waals surface area contributed by atoms with Crippen LogP contribution < -0.4 is 4.80 Å². The third-order valence-electron chi connectivity index (χ3n) is 3.36. The molecule has 0 saturated carbocycles. The molecule has 0 aliphatic rings. The molecule has 0 fully saturated rings. The van der Waals surface area contributed by atoms with Gasteiger partial charge in [-0.3, -0.25) is 4.99 Å². The molecule has 22 heavy (non-hydrogen) atoms. The van der Waals surface area contributed by atoms with Gasteiger partial charge in [-0.25, -0.2) is 4.68 Å². The lowest BCUT2D eigenvalue weighted by atomic mass is 10.1. The zero-order valence-corrected chi connectivity index (χ0v) is 13.4. The lowest BCUT2D eigenvalue weighted by Crippen LogP contribution is -2.11. The number of nitrogens with zero attached hydrogens (tertiary/aromatic N) is 3. The largest absolute Gasteiger partial charge is 0.463 e. The van der Waals surface area contributed by atoms with Gasteiger partial charge < -0.3 is 4.42 Å². The number of benzene rings is 1. The molecule has 1 aromatic carbocycles. The van der Waals surface area contributed by atoms with Crippen molar-refractivity contribution in [2.75, 3.05) is 7.05 Å². The Bertz CT molecular complexity index is 824. The van der Waals surface area contributed by atoms with Crippen LogP contribution >= 0.6 is 11.3 Å². The van der Waals surface area contributed by atoms with Gasteiger partial charge in [0.15, 0.2) is 5.76 Å². The van der Waals surface area contributed by atoms with Crippen molar-refractivity contribution >= 4 is 17.6 Å². The summed E-state index contributed by atoms with van der Waals surface area (Å²) in [4.78, 5) is 5.09. The SMILES string of the molecule is CCc1ccc(C=Nn2c(-c3ccco3)csc2=NC)cc1. The van der Waals surface area contributed by atoms with E-state index in [2.05, 4.69) is 41.3 Å². The molecule has 112 valence electrons. The van der Waals surface area contributed by atoms with Gasteiger partial charge in [-0.2, -0.15) is 5.10 Å². The number of hydrogen-bond donors (Lipinski definition) is 0. The Morgan fingerprint density at radius 1 is 1.23 bits per heavy atom. The molecule has 0 saturated heterocycles. The van der Waals surface area contributed by atoms with Crippen LogP contribution in [0.25, 0.3) is 11.5 Å². The second-order valence-electron chi connectivity index (χ2n) is 4.76. The topological polar surface area (TPSA) is 42.8 Å². The van der Waals surface area contributed by atoms with Crippen molar-refractivity contribution in [1.29, 1.82) is 0 Å². The van der Waals surface area contributed by atoms with Crippen LogP contribution in [0.2, 0.25) is 0 Å². The molecule has 2 aromatic heterocycles. The van der Waals surface area contributed by atoms with Gasteiger partial charge in [-0.1, -0.05) is 31.2 Å². The number of furan rings is 1. The summed E-state index contributed by atoms with van der Waals surface area (Å²) in [7, 11) is 1.76. The maximum atomic E-state index is 5.47. The van der Waals surface area contributed by atoms with Crippen molar-refractivity contribution in [2.45, 2.75) is 13.3 Å². The highest BCUT2D eigenvalue weighted by molar-refractivity contribution is 7.07. The van der Waals surface area contributed by atoms with Gasteiger partial charge in [0.05, 0.1) is 12.5 Å². The van der Waals surface area contributed by atoms with Crippen LogP contribution in [0, 0.1) is 0 Å². The second-order valence-corrected chi connectivity index (χ2v) is 5.59. The summed E-state index contributed by atoms with van der Waals surface area (Å²) in [5, 5.41) is 6.57. The first-order valence-electron chi connectivity index (χ1n) is 7.12. The molecular formula is C17H17N3OS. The normalized spacial score (nSPS) is 12.4. The maximum absolute atomic E-state index is 5.47. The first-order valence-corrected chi connectivity index (χ1v) is 8.00. The van der Waals surface area contributed by atoms with E-state index in [-0.39, 0.29) is 0 Å². The average molecular weight is 311 g/mol. The summed E-state index contributed by atoms with van der Waals surface area (Å²) in [6.45, 7) is 2.15. The molecular weight excluding hydrogens is 294 g/mol. The quantitative estimate of drug-likeness (QED) is 0.676. The van der Waals surface area contributed by atoms with Crippen LogP contribution in [-0.2, 0) is 6.42 Å². The monoisotopic (exact) mass is 311 g/mol. The van der Waals surface area contributed by atoms with Crippen LogP contribution in [0.4, 0.5) is 0 Å². The zero-order chi connectivity index (χ0) is 15.4. The van der Waals surface area contributed by atoms with Crippen LogP contribution in [0.3, 0.4) is 0 Å². The number of rotatable bonds is 4. The first kappa shape index (κ1) is 14.5. The smallest absolute Gasteiger partial charge is 0.206 e. The molecule has 0 aliphatic heterocycles. The van der Waals surface area contributed by atoms with E-state index in [0.29, 0.717) is 0 Å². The van der Waals surface area contributed by atoms with E-state index in [9.17, 15) is 0 Å². The van der Waals surface area contributed by atoms with Crippen LogP contribution in [0.5, 0.6) is 0 Å². The summed E-state index contributed by atoms with van der Waals surface area (Å²) >= 11 is 1.54. The Kier molecular flexibility index (Phi) is 4.34. The molecule has 3 aromatic rings. The van der Waals surface area contributed by atoms with Gasteiger partial charge >= 0.3 is 0 Å². The van der Waals surface area contributed by atoms with Crippen LogP contribution in [0.15, 0.2) is 62.6 Å². The van der Waals surface area contributed by atoms with E-state index in [1.807, 2.05) is 23.7 Å². The molecule has 3 rings (SSSR count). The summed E-state index contributed by atoms with van der Waals surface area (Å²) in [5.74, 6) is 0.782. The number of aryl methyl sites for hydroxylation is 1. The predicted octanol–water partition coefficient (Wildman–Crippen LogP) is 3.78. The highest BCUT2D eigenvalue weighted by Crippen LogP contribution is 2.20. The fraction of sp³-hybridized carbons (Fsp3) is 0.176. The Hall–Kier alpha value is -2.40. The third kappa shape index (κ3) is 2.94. The van der Waals surface area contributed by atoms with E-state index in [4.69, 9.17) is 4.42 Å². The summed E-state index contributed by atoms with van der Waals surface area (Å²) < 4.78 is 7.27. The standard InChI is InChI=1S/C17H17N3OS/c1-3-13-6-8-14(9-7-13)11-19-20-15(12-22-17(20)18-2)16-5-4-10-21-16/h4-12H,3H2,1-2H3. The van der Waals surface area contributed by atoms with Crippen molar-refractivity contribution in [3.8, 4) is 11.5 Å². The van der Waals surface area contributed by atoms with Crippen LogP contribution in [0.1, 0.15) is 18.1 Å². The van der Waals surface area contributed by atoms with Gasteiger partial charge in [-0.05, 0) is 29.7 Å². The number of thiazole rings is 1. The minimum atomic E-state index is 0.782. The molecule has 5 heteroatoms. The van der Waals surface area contributed by atoms with E-state index in [1.165, 1.54) is 16.9 Å². The van der Waals surface area contributed by atoms with Crippen molar-refractivity contribution < 1.29 is 4.42 Å². The Morgan fingerprint density at radius 2 is 2.05 bits per heavy atom. The number of aromatic nitrogens is 1. The maximum Gasteiger partial charge on any atom is 0.206 e. The molecule has 0 aliphatic carbocycles. The molecule has 0 N–H and O–H groups in total. The molecule has 4 nitrogen and oxygen atoms in total. The van der Waals surface area contributed by atoms with E-state index in [0.717, 1.165) is 28.2 Å². The lowest BCUT2D eigenvalue weighted by Gasteiger charge is -2.00. The highest BCUT2D eigenvalue weighted by atomic mass is 32.1. The fourth-order valence-electron chi connectivity index (χ4n) is 2.12. The van der Waals surface area contributed by atoms with Crippen LogP contribution in [-0.4, -0.2) is 17.9 Å². The first-order chi connectivity index (χ1) is 10.8. The van der Waals surface area contributed by atoms with Gasteiger partial charge in [0.25, 0.3) is 0 Å². The molecule has 0 spiro atoms. The van der Waals surface area contributed by atoms with Gasteiger partial charge in [0.1, 0.15) is 5.69 Å². The summed E-state index contributed by atoms with van der Waals surface area (Å²) in [6, 6.07) is 12.2. The summed E-state index contributed by atoms with van der Waals surface area (Å²) in [5.41, 5.74) is 3.28. The van der Waals surface area contributed by atoms with Gasteiger partial charge in [0.2, 0.25) is 4.80 Å².